The van der Waals surface area contributed by atoms with Gasteiger partial charge in [-0.15, -0.1) is 0 Å². The van der Waals surface area contributed by atoms with Gasteiger partial charge in [0, 0.05) is 12.3 Å². The van der Waals surface area contributed by atoms with Crippen molar-refractivity contribution in [2.45, 2.75) is 19.3 Å². The van der Waals surface area contributed by atoms with E-state index in [0.29, 0.717) is 17.6 Å². The number of rotatable bonds is 0. The molecule has 0 amide bonds. The molecule has 0 unspecified atom stereocenters. The second kappa shape index (κ2) is 1.69. The van der Waals surface area contributed by atoms with Crippen molar-refractivity contribution in [3.05, 3.63) is 12.2 Å². The molecule has 0 saturated heterocycles. The van der Waals surface area contributed by atoms with Crippen molar-refractivity contribution in [3.63, 3.8) is 0 Å². The van der Waals surface area contributed by atoms with Crippen molar-refractivity contribution in [1.29, 1.82) is 0 Å². The molecule has 48 valence electrons. The molecule has 2 bridgehead atoms. The van der Waals surface area contributed by atoms with Crippen LogP contribution in [0.3, 0.4) is 0 Å². The number of allylic oxidation sites excluding steroid dienone is 2. The summed E-state index contributed by atoms with van der Waals surface area (Å²) in [5.74, 6) is 1.50. The van der Waals surface area contributed by atoms with Crippen molar-refractivity contribution in [2.24, 2.45) is 11.8 Å². The zero-order chi connectivity index (χ0) is 6.27. The largest absolute Gasteiger partial charge is 0.299 e. The molecule has 0 spiro atoms. The maximum absolute atomic E-state index is 11.0. The third-order valence-electron chi connectivity index (χ3n) is 2.33. The van der Waals surface area contributed by atoms with Gasteiger partial charge in [-0.05, 0) is 18.8 Å². The van der Waals surface area contributed by atoms with Crippen LogP contribution in [0.5, 0.6) is 0 Å². The zero-order valence-corrected chi connectivity index (χ0v) is 5.34. The summed E-state index contributed by atoms with van der Waals surface area (Å²) in [6.45, 7) is 0. The van der Waals surface area contributed by atoms with E-state index in [0.717, 1.165) is 19.3 Å². The quantitative estimate of drug-likeness (QED) is 0.445. The second-order valence-corrected chi connectivity index (χ2v) is 3.03. The maximum Gasteiger partial charge on any atom is 0.136 e. The van der Waals surface area contributed by atoms with E-state index in [4.69, 9.17) is 0 Å². The number of hydrogen-bond acceptors (Lipinski definition) is 1. The van der Waals surface area contributed by atoms with E-state index in [1.807, 2.05) is 0 Å². The fourth-order valence-electron chi connectivity index (χ4n) is 1.81. The Bertz CT molecular complexity index is 169. The van der Waals surface area contributed by atoms with Crippen LogP contribution in [0.25, 0.3) is 0 Å². The summed E-state index contributed by atoms with van der Waals surface area (Å²) in [6.07, 6.45) is 7.32. The Balaban J connectivity index is 2.26. The van der Waals surface area contributed by atoms with Crippen LogP contribution in [0.1, 0.15) is 19.3 Å². The van der Waals surface area contributed by atoms with E-state index in [-0.39, 0.29) is 0 Å². The van der Waals surface area contributed by atoms with Gasteiger partial charge in [-0.25, -0.2) is 0 Å². The highest BCUT2D eigenvalue weighted by Crippen LogP contribution is 2.34. The van der Waals surface area contributed by atoms with Gasteiger partial charge in [-0.2, -0.15) is 0 Å². The van der Waals surface area contributed by atoms with Crippen molar-refractivity contribution in [2.75, 3.05) is 0 Å². The van der Waals surface area contributed by atoms with E-state index in [9.17, 15) is 4.79 Å². The molecule has 1 saturated carbocycles. The van der Waals surface area contributed by atoms with Crippen molar-refractivity contribution in [1.82, 2.24) is 0 Å². The Labute approximate surface area is 54.8 Å². The van der Waals surface area contributed by atoms with Gasteiger partial charge in [-0.3, -0.25) is 4.79 Å². The van der Waals surface area contributed by atoms with E-state index in [2.05, 4.69) is 12.2 Å². The first-order chi connectivity index (χ1) is 4.36. The first kappa shape index (κ1) is 5.21. The Morgan fingerprint density at radius 2 is 2.44 bits per heavy atom. The minimum absolute atomic E-state index is 0.403. The molecular weight excluding hydrogens is 112 g/mol. The highest BCUT2D eigenvalue weighted by Gasteiger charge is 2.32. The Morgan fingerprint density at radius 3 is 3.11 bits per heavy atom. The SMILES string of the molecule is O=C1C[C@@H]2C=CC[C@@H]1C2. The summed E-state index contributed by atoms with van der Waals surface area (Å²) >= 11 is 0. The van der Waals surface area contributed by atoms with E-state index >= 15 is 0 Å². The van der Waals surface area contributed by atoms with Crippen LogP contribution >= 0.6 is 0 Å². The topological polar surface area (TPSA) is 17.1 Å². The summed E-state index contributed by atoms with van der Waals surface area (Å²) in [6, 6.07) is 0. The smallest absolute Gasteiger partial charge is 0.136 e. The minimum atomic E-state index is 0.403. The van der Waals surface area contributed by atoms with Gasteiger partial charge in [0.05, 0.1) is 0 Å². The standard InChI is InChI=1S/C8H10O/c9-8-5-6-2-1-3-7(8)4-6/h1-2,6-7H,3-5H2/t6-,7-/m1/s1. The Hall–Kier alpha value is -0.590. The fraction of sp³-hybridized carbons (Fsp3) is 0.625. The van der Waals surface area contributed by atoms with Gasteiger partial charge >= 0.3 is 0 Å². The molecule has 0 aliphatic heterocycles. The second-order valence-electron chi connectivity index (χ2n) is 3.03. The monoisotopic (exact) mass is 122 g/mol. The highest BCUT2D eigenvalue weighted by molar-refractivity contribution is 5.84. The van der Waals surface area contributed by atoms with Crippen molar-refractivity contribution in [3.8, 4) is 0 Å². The van der Waals surface area contributed by atoms with Crippen LogP contribution < -0.4 is 0 Å². The molecule has 0 aromatic rings. The number of fused-ring (bicyclic) bond motifs is 2. The Morgan fingerprint density at radius 1 is 1.56 bits per heavy atom. The number of hydrogen-bond donors (Lipinski definition) is 0. The van der Waals surface area contributed by atoms with Crippen molar-refractivity contribution >= 4 is 5.78 Å². The van der Waals surface area contributed by atoms with Crippen LogP contribution in [0.2, 0.25) is 0 Å². The van der Waals surface area contributed by atoms with Gasteiger partial charge in [0.2, 0.25) is 0 Å². The highest BCUT2D eigenvalue weighted by atomic mass is 16.1. The van der Waals surface area contributed by atoms with E-state index in [1.54, 1.807) is 0 Å². The van der Waals surface area contributed by atoms with Crippen LogP contribution in [-0.2, 0) is 4.79 Å². The lowest BCUT2D eigenvalue weighted by molar-refractivity contribution is -0.120. The minimum Gasteiger partial charge on any atom is -0.299 e. The van der Waals surface area contributed by atoms with Crippen LogP contribution in [0, 0.1) is 11.8 Å². The lowest BCUT2D eigenvalue weighted by atomic mass is 9.96. The lowest BCUT2D eigenvalue weighted by Gasteiger charge is -2.08. The summed E-state index contributed by atoms with van der Waals surface area (Å²) < 4.78 is 0. The van der Waals surface area contributed by atoms with Gasteiger partial charge in [0.15, 0.2) is 0 Å². The van der Waals surface area contributed by atoms with E-state index in [1.165, 1.54) is 0 Å². The van der Waals surface area contributed by atoms with Crippen LogP contribution in [0.4, 0.5) is 0 Å². The molecule has 2 aliphatic carbocycles. The van der Waals surface area contributed by atoms with Gasteiger partial charge in [-0.1, -0.05) is 12.2 Å². The Kier molecular flexibility index (Phi) is 0.981. The third-order valence-corrected chi connectivity index (χ3v) is 2.33. The number of Topliss-reactive ketones (excluding diaryl/α,β-unsaturated/α-hetero) is 1. The summed E-state index contributed by atoms with van der Waals surface area (Å²) in [4.78, 5) is 11.0. The molecule has 2 rings (SSSR count). The molecule has 0 aromatic heterocycles. The molecule has 0 radical (unpaired) electrons. The van der Waals surface area contributed by atoms with Gasteiger partial charge < -0.3 is 0 Å². The molecule has 1 heteroatoms. The summed E-state index contributed by atoms with van der Waals surface area (Å²) in [5, 5.41) is 0. The normalized spacial score (nSPS) is 39.8. The zero-order valence-electron chi connectivity index (χ0n) is 5.34. The third kappa shape index (κ3) is 0.716. The predicted octanol–water partition coefficient (Wildman–Crippen LogP) is 1.54. The summed E-state index contributed by atoms with van der Waals surface area (Å²) in [7, 11) is 0. The molecule has 2 atom stereocenters. The van der Waals surface area contributed by atoms with Gasteiger partial charge in [0.25, 0.3) is 0 Å². The number of carbonyl (C=O) groups excluding carboxylic acids is 1. The van der Waals surface area contributed by atoms with E-state index < -0.39 is 0 Å². The molecule has 0 N–H and O–H groups in total. The van der Waals surface area contributed by atoms with Gasteiger partial charge in [0.1, 0.15) is 5.78 Å². The molecule has 0 heterocycles. The molecule has 1 fully saturated rings. The van der Waals surface area contributed by atoms with Crippen LogP contribution in [0.15, 0.2) is 12.2 Å². The lowest BCUT2D eigenvalue weighted by Crippen LogP contribution is -2.04. The molecular formula is C8H10O. The average Bonchev–Trinajstić information content (AvgIpc) is 2.09. The molecule has 2 aliphatic rings. The maximum atomic E-state index is 11.0. The molecule has 0 aromatic carbocycles. The average molecular weight is 122 g/mol. The van der Waals surface area contributed by atoms with Crippen molar-refractivity contribution < 1.29 is 4.79 Å². The molecule has 9 heavy (non-hydrogen) atoms. The van der Waals surface area contributed by atoms with Crippen LogP contribution in [-0.4, -0.2) is 5.78 Å². The fourth-order valence-corrected chi connectivity index (χ4v) is 1.81. The summed E-state index contributed by atoms with van der Waals surface area (Å²) in [5.41, 5.74) is 0. The first-order valence-corrected chi connectivity index (χ1v) is 3.55. The predicted molar refractivity (Wildman–Crippen MR) is 35.0 cm³/mol. The molecule has 1 nitrogen and oxygen atoms in total. The number of ketones is 1. The first-order valence-electron chi connectivity index (χ1n) is 3.55. The number of carbonyl (C=O) groups is 1.